The largest absolute Gasteiger partial charge is 0.497 e. The Morgan fingerprint density at radius 1 is 1.03 bits per heavy atom. The number of urea groups is 1. The maximum atomic E-state index is 13.6. The molecule has 0 unspecified atom stereocenters. The summed E-state index contributed by atoms with van der Waals surface area (Å²) >= 11 is 0. The molecule has 4 amide bonds. The monoisotopic (exact) mass is 509 g/mol. The van der Waals surface area contributed by atoms with Gasteiger partial charge in [0.05, 0.1) is 20.2 Å². The van der Waals surface area contributed by atoms with Crippen molar-refractivity contribution in [3.05, 3.63) is 65.7 Å². The Morgan fingerprint density at radius 2 is 1.76 bits per heavy atom. The van der Waals surface area contributed by atoms with E-state index in [2.05, 4.69) is 5.32 Å². The number of hydrogen-bond acceptors (Lipinski definition) is 6. The molecule has 1 N–H and O–H groups in total. The maximum Gasteiger partial charge on any atom is 0.334 e. The van der Waals surface area contributed by atoms with Crippen molar-refractivity contribution in [3.8, 4) is 5.75 Å². The van der Waals surface area contributed by atoms with Crippen LogP contribution in [0, 0.1) is 0 Å². The molecule has 0 aromatic heterocycles. The van der Waals surface area contributed by atoms with Crippen molar-refractivity contribution in [2.45, 2.75) is 31.6 Å². The van der Waals surface area contributed by atoms with Gasteiger partial charge in [0, 0.05) is 40.3 Å². The van der Waals surface area contributed by atoms with Crippen LogP contribution in [0.1, 0.15) is 17.5 Å². The molecular formula is C27H35N5O5. The number of piperazine rings is 1. The minimum atomic E-state index is -0.693. The maximum absolute atomic E-state index is 13.6. The van der Waals surface area contributed by atoms with Crippen LogP contribution in [0.5, 0.6) is 5.75 Å². The number of rotatable bonds is 9. The van der Waals surface area contributed by atoms with Crippen molar-refractivity contribution >= 4 is 17.8 Å². The van der Waals surface area contributed by atoms with Crippen LogP contribution in [0.4, 0.5) is 4.79 Å². The first-order valence-corrected chi connectivity index (χ1v) is 12.5. The van der Waals surface area contributed by atoms with Crippen LogP contribution < -0.4 is 10.1 Å². The minimum Gasteiger partial charge on any atom is -0.497 e. The number of amides is 4. The van der Waals surface area contributed by atoms with Crippen LogP contribution in [0.15, 0.2) is 54.6 Å². The molecule has 0 bridgehead atoms. The lowest BCUT2D eigenvalue weighted by Crippen LogP contribution is -2.76. The summed E-state index contributed by atoms with van der Waals surface area (Å²) in [6.45, 7) is 1.57. The van der Waals surface area contributed by atoms with Crippen molar-refractivity contribution < 1.29 is 23.9 Å². The molecule has 2 aliphatic heterocycles. The van der Waals surface area contributed by atoms with Crippen LogP contribution >= 0.6 is 0 Å². The van der Waals surface area contributed by atoms with E-state index in [0.29, 0.717) is 32.5 Å². The van der Waals surface area contributed by atoms with Crippen LogP contribution in [-0.4, -0.2) is 97.4 Å². The summed E-state index contributed by atoms with van der Waals surface area (Å²) in [7, 11) is 4.95. The summed E-state index contributed by atoms with van der Waals surface area (Å²) < 4.78 is 10.4. The SMILES string of the molecule is COCCCN1C[C@H]2N(C(=O)CN(C)N2C(=O)NCc2ccc(OC)cc2)[C@@H](Cc2ccccc2)C1=O. The van der Waals surface area contributed by atoms with E-state index in [1.165, 1.54) is 0 Å². The number of benzene rings is 2. The summed E-state index contributed by atoms with van der Waals surface area (Å²) in [5.74, 6) is 0.468. The van der Waals surface area contributed by atoms with Gasteiger partial charge in [0.15, 0.2) is 0 Å². The van der Waals surface area contributed by atoms with Gasteiger partial charge in [-0.1, -0.05) is 42.5 Å². The van der Waals surface area contributed by atoms with Crippen LogP contribution in [0.2, 0.25) is 0 Å². The molecule has 2 atom stereocenters. The van der Waals surface area contributed by atoms with Gasteiger partial charge in [-0.05, 0) is 29.7 Å². The standard InChI is InChI=1S/C27H35N5O5/c1-29-19-25(33)31-23(16-20-8-5-4-6-9-20)26(34)30(14-7-15-36-2)18-24(31)32(29)27(35)28-17-21-10-12-22(37-3)13-11-21/h4-6,8-13,23-24H,7,14-19H2,1-3H3,(H,28,35)/t23-,24-/m0/s1. The fourth-order valence-electron chi connectivity index (χ4n) is 4.95. The van der Waals surface area contributed by atoms with Crippen molar-refractivity contribution in [3.63, 3.8) is 0 Å². The Hall–Kier alpha value is -3.63. The van der Waals surface area contributed by atoms with Crippen LogP contribution in [0.25, 0.3) is 0 Å². The molecule has 0 saturated carbocycles. The van der Waals surface area contributed by atoms with Crippen molar-refractivity contribution in [1.29, 1.82) is 0 Å². The second-order valence-electron chi connectivity index (χ2n) is 9.28. The lowest BCUT2D eigenvalue weighted by atomic mass is 9.98. The topological polar surface area (TPSA) is 94.7 Å². The predicted molar refractivity (Wildman–Crippen MR) is 137 cm³/mol. The van der Waals surface area contributed by atoms with E-state index in [4.69, 9.17) is 9.47 Å². The first kappa shape index (κ1) is 26.4. The van der Waals surface area contributed by atoms with Gasteiger partial charge in [-0.25, -0.2) is 14.8 Å². The normalized spacial score (nSPS) is 20.1. The molecule has 0 spiro atoms. The van der Waals surface area contributed by atoms with Gasteiger partial charge >= 0.3 is 6.03 Å². The Bertz CT molecular complexity index is 1080. The smallest absolute Gasteiger partial charge is 0.334 e. The Balaban J connectivity index is 1.57. The number of methoxy groups -OCH3 is 2. The van der Waals surface area contributed by atoms with Crippen molar-refractivity contribution in [1.82, 2.24) is 25.1 Å². The first-order valence-electron chi connectivity index (χ1n) is 12.5. The van der Waals surface area contributed by atoms with E-state index < -0.39 is 12.2 Å². The van der Waals surface area contributed by atoms with E-state index in [9.17, 15) is 14.4 Å². The molecule has 198 valence electrons. The molecule has 2 aromatic carbocycles. The molecule has 10 nitrogen and oxygen atoms in total. The molecule has 37 heavy (non-hydrogen) atoms. The highest BCUT2D eigenvalue weighted by Gasteiger charge is 2.50. The fourth-order valence-corrected chi connectivity index (χ4v) is 4.95. The molecule has 2 saturated heterocycles. The zero-order chi connectivity index (χ0) is 26.4. The molecule has 10 heteroatoms. The third-order valence-corrected chi connectivity index (χ3v) is 6.80. The number of hydrazine groups is 1. The number of hydrogen-bond donors (Lipinski definition) is 1. The number of nitrogens with one attached hydrogen (secondary N) is 1. The van der Waals surface area contributed by atoms with E-state index in [0.717, 1.165) is 16.9 Å². The number of likely N-dealkylation sites (N-methyl/N-ethyl adjacent to an activating group) is 1. The van der Waals surface area contributed by atoms with Gasteiger partial charge < -0.3 is 24.6 Å². The first-order chi connectivity index (χ1) is 17.9. The lowest BCUT2D eigenvalue weighted by Gasteiger charge is -2.54. The molecule has 2 heterocycles. The highest BCUT2D eigenvalue weighted by atomic mass is 16.5. The summed E-state index contributed by atoms with van der Waals surface area (Å²) in [6, 6.07) is 16.1. The molecule has 0 radical (unpaired) electrons. The predicted octanol–water partition coefficient (Wildman–Crippen LogP) is 1.71. The highest BCUT2D eigenvalue weighted by molar-refractivity contribution is 5.91. The van der Waals surface area contributed by atoms with Crippen molar-refractivity contribution in [2.75, 3.05) is 47.5 Å². The Kier molecular flexibility index (Phi) is 8.62. The van der Waals surface area contributed by atoms with Gasteiger partial charge in [0.2, 0.25) is 11.8 Å². The summed E-state index contributed by atoms with van der Waals surface area (Å²) in [4.78, 5) is 43.7. The number of fused-ring (bicyclic) bond motifs is 1. The molecule has 0 aliphatic carbocycles. The third-order valence-electron chi connectivity index (χ3n) is 6.80. The lowest BCUT2D eigenvalue weighted by molar-refractivity contribution is -0.187. The highest BCUT2D eigenvalue weighted by Crippen LogP contribution is 2.28. The number of carbonyl (C=O) groups excluding carboxylic acids is 3. The molecule has 2 fully saturated rings. The van der Waals surface area contributed by atoms with Crippen LogP contribution in [0.3, 0.4) is 0 Å². The Morgan fingerprint density at radius 3 is 2.43 bits per heavy atom. The molecular weight excluding hydrogens is 474 g/mol. The van der Waals surface area contributed by atoms with E-state index in [1.54, 1.807) is 41.1 Å². The molecule has 2 aliphatic rings. The van der Waals surface area contributed by atoms with Crippen molar-refractivity contribution in [2.24, 2.45) is 0 Å². The number of ether oxygens (including phenoxy) is 2. The minimum absolute atomic E-state index is 0.00863. The Labute approximate surface area is 217 Å². The quantitative estimate of drug-likeness (QED) is 0.518. The van der Waals surface area contributed by atoms with Gasteiger partial charge in [0.1, 0.15) is 18.0 Å². The summed E-state index contributed by atoms with van der Waals surface area (Å²) in [5, 5.41) is 6.17. The van der Waals surface area contributed by atoms with Gasteiger partial charge in [-0.3, -0.25) is 9.59 Å². The van der Waals surface area contributed by atoms with Gasteiger partial charge in [-0.15, -0.1) is 0 Å². The zero-order valence-electron chi connectivity index (χ0n) is 21.6. The van der Waals surface area contributed by atoms with Gasteiger partial charge in [-0.2, -0.15) is 0 Å². The zero-order valence-corrected chi connectivity index (χ0v) is 21.6. The second kappa shape index (κ2) is 12.1. The van der Waals surface area contributed by atoms with E-state index >= 15 is 0 Å². The number of carbonyl (C=O) groups is 3. The average Bonchev–Trinajstić information content (AvgIpc) is 2.90. The van der Waals surface area contributed by atoms with Crippen LogP contribution in [-0.2, 0) is 27.3 Å². The second-order valence-corrected chi connectivity index (χ2v) is 9.28. The van der Waals surface area contributed by atoms with E-state index in [-0.39, 0.29) is 30.9 Å². The number of nitrogens with zero attached hydrogens (tertiary/aromatic N) is 4. The van der Waals surface area contributed by atoms with E-state index in [1.807, 2.05) is 54.6 Å². The molecule has 2 aromatic rings. The molecule has 4 rings (SSSR count). The van der Waals surface area contributed by atoms with Gasteiger partial charge in [0.25, 0.3) is 0 Å². The third kappa shape index (κ3) is 6.03. The average molecular weight is 510 g/mol. The summed E-state index contributed by atoms with van der Waals surface area (Å²) in [6.07, 6.45) is 0.435. The summed E-state index contributed by atoms with van der Waals surface area (Å²) in [5.41, 5.74) is 1.88. The fraction of sp³-hybridized carbons (Fsp3) is 0.444.